The Morgan fingerprint density at radius 2 is 2.40 bits per heavy atom. The second-order valence-corrected chi connectivity index (χ2v) is 3.50. The minimum atomic E-state index is -0.123. The van der Waals surface area contributed by atoms with Crippen molar-refractivity contribution in [1.82, 2.24) is 0 Å². The minimum absolute atomic E-state index is 0.123. The van der Waals surface area contributed by atoms with Crippen LogP contribution in [0.1, 0.15) is 25.1 Å². The van der Waals surface area contributed by atoms with Gasteiger partial charge in [0.2, 0.25) is 0 Å². The summed E-state index contributed by atoms with van der Waals surface area (Å²) in [5.41, 5.74) is 2.71. The Labute approximate surface area is 94.9 Å². The van der Waals surface area contributed by atoms with Crippen LogP contribution in [0.3, 0.4) is 0 Å². The summed E-state index contributed by atoms with van der Waals surface area (Å²) in [7, 11) is 0. The molecule has 2 nitrogen and oxygen atoms in total. The molecule has 15 heavy (non-hydrogen) atoms. The van der Waals surface area contributed by atoms with Gasteiger partial charge < -0.3 is 4.74 Å². The Balaban J connectivity index is 0.000000265. The number of thiophene rings is 1. The number of hydrogen-bond donors (Lipinski definition) is 0. The van der Waals surface area contributed by atoms with Crippen LogP contribution in [0, 0.1) is 0 Å². The van der Waals surface area contributed by atoms with E-state index in [1.165, 1.54) is 4.88 Å². The molecule has 0 unspecified atom stereocenters. The van der Waals surface area contributed by atoms with Gasteiger partial charge in [0.25, 0.3) is 0 Å². The van der Waals surface area contributed by atoms with Gasteiger partial charge in [-0.2, -0.15) is 0 Å². The van der Waals surface area contributed by atoms with Crippen LogP contribution >= 0.6 is 11.3 Å². The molecule has 1 rings (SSSR count). The lowest BCUT2D eigenvalue weighted by Gasteiger charge is -1.93. The van der Waals surface area contributed by atoms with Crippen LogP contribution < -0.4 is 0 Å². The van der Waals surface area contributed by atoms with Gasteiger partial charge in [0.15, 0.2) is 0 Å². The highest BCUT2D eigenvalue weighted by Crippen LogP contribution is 2.08. The highest BCUT2D eigenvalue weighted by atomic mass is 32.1. The number of hydrogen-bond acceptors (Lipinski definition) is 3. The van der Waals surface area contributed by atoms with Crippen molar-refractivity contribution in [3.05, 3.63) is 34.7 Å². The van der Waals surface area contributed by atoms with E-state index in [-0.39, 0.29) is 5.97 Å². The van der Waals surface area contributed by atoms with E-state index in [2.05, 4.69) is 17.0 Å². The topological polar surface area (TPSA) is 26.3 Å². The maximum Gasteiger partial charge on any atom is 0.305 e. The fourth-order valence-corrected chi connectivity index (χ4v) is 1.36. The first kappa shape index (κ1) is 13.7. The Kier molecular flexibility index (Phi) is 8.44. The first-order chi connectivity index (χ1) is 7.24. The third-order valence-corrected chi connectivity index (χ3v) is 2.20. The predicted octanol–water partition coefficient (Wildman–Crippen LogP) is 3.51. The average Bonchev–Trinajstić information content (AvgIpc) is 2.72. The highest BCUT2D eigenvalue weighted by molar-refractivity contribution is 7.10. The van der Waals surface area contributed by atoms with Crippen LogP contribution in [0.15, 0.2) is 29.8 Å². The zero-order valence-corrected chi connectivity index (χ0v) is 9.97. The van der Waals surface area contributed by atoms with Gasteiger partial charge >= 0.3 is 5.97 Å². The van der Waals surface area contributed by atoms with Gasteiger partial charge in [-0.05, 0) is 24.4 Å². The molecule has 0 fully saturated rings. The minimum Gasteiger partial charge on any atom is -0.466 e. The monoisotopic (exact) mass is 224 g/mol. The van der Waals surface area contributed by atoms with Crippen LogP contribution in [0.4, 0.5) is 0 Å². The molecule has 0 atom stereocenters. The molecule has 0 radical (unpaired) electrons. The van der Waals surface area contributed by atoms with Crippen molar-refractivity contribution < 1.29 is 9.53 Å². The van der Waals surface area contributed by atoms with Crippen molar-refractivity contribution in [2.24, 2.45) is 0 Å². The van der Waals surface area contributed by atoms with Gasteiger partial charge in [0.1, 0.15) is 0 Å². The summed E-state index contributed by atoms with van der Waals surface area (Å²) in [4.78, 5) is 11.4. The highest BCUT2D eigenvalue weighted by Gasteiger charge is 1.91. The summed E-state index contributed by atoms with van der Waals surface area (Å²) in [6.07, 6.45) is 2.35. The molecular formula is C12H16O2S. The molecule has 3 heteroatoms. The molecule has 82 valence electrons. The standard InChI is InChI=1S/C7H6S.C5H10O2/c1-2-4-7-5-3-6-8-7;1-3-5(6)7-4-2/h3-6H,1H2;3-4H2,1-2H3. The summed E-state index contributed by atoms with van der Waals surface area (Å²) < 4.78 is 4.55. The van der Waals surface area contributed by atoms with Gasteiger partial charge in [-0.15, -0.1) is 17.1 Å². The second-order valence-electron chi connectivity index (χ2n) is 2.52. The Hall–Kier alpha value is -1.31. The maximum atomic E-state index is 10.2. The first-order valence-corrected chi connectivity index (χ1v) is 5.67. The smallest absolute Gasteiger partial charge is 0.305 e. The van der Waals surface area contributed by atoms with Gasteiger partial charge in [-0.3, -0.25) is 4.79 Å². The van der Waals surface area contributed by atoms with Crippen molar-refractivity contribution in [2.45, 2.75) is 20.3 Å². The van der Waals surface area contributed by atoms with Gasteiger partial charge in [-0.1, -0.05) is 19.6 Å². The lowest BCUT2D eigenvalue weighted by Crippen LogP contribution is -2.00. The summed E-state index contributed by atoms with van der Waals surface area (Å²) in [5.74, 6) is -0.123. The summed E-state index contributed by atoms with van der Waals surface area (Å²) in [6, 6.07) is 4.04. The maximum absolute atomic E-state index is 10.2. The largest absolute Gasteiger partial charge is 0.466 e. The third-order valence-electron chi connectivity index (χ3n) is 1.38. The molecule has 0 bridgehead atoms. The number of rotatable bonds is 3. The van der Waals surface area contributed by atoms with Crippen molar-refractivity contribution in [2.75, 3.05) is 6.61 Å². The van der Waals surface area contributed by atoms with Crippen molar-refractivity contribution in [1.29, 1.82) is 0 Å². The first-order valence-electron chi connectivity index (χ1n) is 4.79. The number of carbonyl (C=O) groups excluding carboxylic acids is 1. The van der Waals surface area contributed by atoms with E-state index < -0.39 is 0 Å². The number of esters is 1. The zero-order chi connectivity index (χ0) is 11.5. The lowest BCUT2D eigenvalue weighted by atomic mass is 10.5. The third kappa shape index (κ3) is 7.74. The molecule has 0 amide bonds. The molecule has 0 aliphatic carbocycles. The SMILES string of the molecule is C=C=Cc1cccs1.CCOC(=O)CC. The molecule has 0 saturated carbocycles. The number of carbonyl (C=O) groups is 1. The molecule has 1 heterocycles. The summed E-state index contributed by atoms with van der Waals surface area (Å²) in [5, 5.41) is 2.03. The molecule has 0 aliphatic rings. The molecule has 0 N–H and O–H groups in total. The predicted molar refractivity (Wildman–Crippen MR) is 64.8 cm³/mol. The van der Waals surface area contributed by atoms with Gasteiger partial charge in [0.05, 0.1) is 6.61 Å². The van der Waals surface area contributed by atoms with Gasteiger partial charge in [0, 0.05) is 11.3 Å². The Morgan fingerprint density at radius 1 is 1.67 bits per heavy atom. The molecular weight excluding hydrogens is 208 g/mol. The molecule has 0 aliphatic heterocycles. The molecule has 0 saturated heterocycles. The van der Waals surface area contributed by atoms with Gasteiger partial charge in [-0.25, -0.2) is 0 Å². The molecule has 0 spiro atoms. The van der Waals surface area contributed by atoms with Crippen LogP contribution in [-0.4, -0.2) is 12.6 Å². The van der Waals surface area contributed by atoms with Crippen molar-refractivity contribution >= 4 is 23.4 Å². The molecule has 0 aromatic carbocycles. The van der Waals surface area contributed by atoms with Crippen molar-refractivity contribution in [3.63, 3.8) is 0 Å². The molecule has 1 aromatic heterocycles. The van der Waals surface area contributed by atoms with Crippen LogP contribution in [-0.2, 0) is 9.53 Å². The summed E-state index contributed by atoms with van der Waals surface area (Å²) in [6.45, 7) is 7.53. The van der Waals surface area contributed by atoms with Crippen LogP contribution in [0.2, 0.25) is 0 Å². The van der Waals surface area contributed by atoms with E-state index in [1.807, 2.05) is 23.6 Å². The molecule has 1 aromatic rings. The number of ether oxygens (including phenoxy) is 1. The van der Waals surface area contributed by atoms with Crippen LogP contribution in [0.25, 0.3) is 6.08 Å². The fraction of sp³-hybridized carbons (Fsp3) is 0.333. The second kappa shape index (κ2) is 9.25. The lowest BCUT2D eigenvalue weighted by molar-refractivity contribution is -0.142. The normalized spacial score (nSPS) is 8.13. The van der Waals surface area contributed by atoms with E-state index in [0.29, 0.717) is 13.0 Å². The van der Waals surface area contributed by atoms with E-state index >= 15 is 0 Å². The Bertz CT molecular complexity index is 308. The fourth-order valence-electron chi connectivity index (χ4n) is 0.737. The van der Waals surface area contributed by atoms with E-state index in [1.54, 1.807) is 25.2 Å². The average molecular weight is 224 g/mol. The summed E-state index contributed by atoms with van der Waals surface area (Å²) >= 11 is 1.69. The van der Waals surface area contributed by atoms with Crippen molar-refractivity contribution in [3.8, 4) is 0 Å². The van der Waals surface area contributed by atoms with E-state index in [9.17, 15) is 4.79 Å². The van der Waals surface area contributed by atoms with Crippen LogP contribution in [0.5, 0.6) is 0 Å². The quantitative estimate of drug-likeness (QED) is 0.580. The Morgan fingerprint density at radius 3 is 2.73 bits per heavy atom. The van der Waals surface area contributed by atoms with E-state index in [4.69, 9.17) is 0 Å². The van der Waals surface area contributed by atoms with E-state index in [0.717, 1.165) is 0 Å². The zero-order valence-electron chi connectivity index (χ0n) is 9.16.